The van der Waals surface area contributed by atoms with Crippen LogP contribution in [-0.2, 0) is 16.1 Å². The molecule has 1 saturated carbocycles. The third kappa shape index (κ3) is 3.93. The van der Waals surface area contributed by atoms with Gasteiger partial charge in [-0.15, -0.1) is 11.3 Å². The van der Waals surface area contributed by atoms with Crippen LogP contribution < -0.4 is 10.6 Å². The number of carbonyl (C=O) groups is 1. The summed E-state index contributed by atoms with van der Waals surface area (Å²) >= 11 is 1.65. The van der Waals surface area contributed by atoms with Crippen LogP contribution in [0.25, 0.3) is 0 Å². The Morgan fingerprint density at radius 2 is 2.43 bits per heavy atom. The van der Waals surface area contributed by atoms with Gasteiger partial charge in [-0.2, -0.15) is 0 Å². The van der Waals surface area contributed by atoms with E-state index in [2.05, 4.69) is 27.4 Å². The number of nitrogens with one attached hydrogen (secondary N) is 2. The maximum atomic E-state index is 12.3. The lowest BCUT2D eigenvalue weighted by molar-refractivity contribution is -0.133. The van der Waals surface area contributed by atoms with Gasteiger partial charge in [-0.3, -0.25) is 9.69 Å². The maximum Gasteiger partial charge on any atom is 0.239 e. The van der Waals surface area contributed by atoms with Crippen molar-refractivity contribution in [3.63, 3.8) is 0 Å². The highest BCUT2D eigenvalue weighted by Crippen LogP contribution is 2.23. The normalized spacial score (nSPS) is 23.0. The first kappa shape index (κ1) is 14.7. The van der Waals surface area contributed by atoms with Crippen LogP contribution in [0.2, 0.25) is 0 Å². The molecule has 1 unspecified atom stereocenters. The molecule has 1 aromatic rings. The van der Waals surface area contributed by atoms with E-state index < -0.39 is 0 Å². The Kier molecular flexibility index (Phi) is 4.72. The van der Waals surface area contributed by atoms with Crippen LogP contribution in [0, 0.1) is 0 Å². The zero-order valence-corrected chi connectivity index (χ0v) is 13.1. The van der Waals surface area contributed by atoms with Crippen LogP contribution in [0.15, 0.2) is 6.20 Å². The number of carbonyl (C=O) groups excluding carboxylic acids is 1. The molecule has 0 radical (unpaired) electrons. The summed E-state index contributed by atoms with van der Waals surface area (Å²) in [5, 5.41) is 7.24. The Morgan fingerprint density at radius 1 is 1.57 bits per heavy atom. The molecule has 116 valence electrons. The molecule has 1 saturated heterocycles. The zero-order chi connectivity index (χ0) is 14.7. The number of ether oxygens (including phenoxy) is 1. The summed E-state index contributed by atoms with van der Waals surface area (Å²) in [5.41, 5.74) is 0. The molecule has 2 fully saturated rings. The van der Waals surface area contributed by atoms with Crippen molar-refractivity contribution in [2.24, 2.45) is 0 Å². The minimum atomic E-state index is -0.177. The van der Waals surface area contributed by atoms with Gasteiger partial charge in [0, 0.05) is 36.8 Å². The predicted octanol–water partition coefficient (Wildman–Crippen LogP) is 1.05. The van der Waals surface area contributed by atoms with Gasteiger partial charge in [0.05, 0.1) is 13.2 Å². The van der Waals surface area contributed by atoms with Crippen LogP contribution in [0.3, 0.4) is 0 Å². The van der Waals surface area contributed by atoms with Gasteiger partial charge in [0.25, 0.3) is 0 Å². The van der Waals surface area contributed by atoms with Crippen molar-refractivity contribution in [3.05, 3.63) is 11.1 Å². The van der Waals surface area contributed by atoms with Crippen molar-refractivity contribution >= 4 is 22.4 Å². The molecule has 0 aromatic carbocycles. The number of rotatable bonds is 6. The van der Waals surface area contributed by atoms with Crippen LogP contribution >= 0.6 is 11.3 Å². The minimum Gasteiger partial charge on any atom is -0.378 e. The summed E-state index contributed by atoms with van der Waals surface area (Å²) in [5.74, 6) is 0.105. The van der Waals surface area contributed by atoms with Gasteiger partial charge in [-0.25, -0.2) is 4.98 Å². The fourth-order valence-electron chi connectivity index (χ4n) is 2.41. The predicted molar refractivity (Wildman–Crippen MR) is 82.5 cm³/mol. The highest BCUT2D eigenvalue weighted by atomic mass is 32.1. The summed E-state index contributed by atoms with van der Waals surface area (Å²) < 4.78 is 5.49. The van der Waals surface area contributed by atoms with Crippen LogP contribution in [0.4, 0.5) is 5.13 Å². The van der Waals surface area contributed by atoms with Gasteiger partial charge in [0.15, 0.2) is 5.13 Å². The van der Waals surface area contributed by atoms with E-state index >= 15 is 0 Å². The highest BCUT2D eigenvalue weighted by Gasteiger charge is 2.33. The maximum absolute atomic E-state index is 12.3. The third-order valence-electron chi connectivity index (χ3n) is 3.71. The molecular formula is C14H22N4O2S. The quantitative estimate of drug-likeness (QED) is 0.822. The Hall–Kier alpha value is -1.18. The van der Waals surface area contributed by atoms with Crippen molar-refractivity contribution in [1.29, 1.82) is 0 Å². The molecule has 6 nitrogen and oxygen atoms in total. The Labute approximate surface area is 128 Å². The number of nitrogens with zero attached hydrogens (tertiary/aromatic N) is 2. The van der Waals surface area contributed by atoms with E-state index in [0.29, 0.717) is 19.3 Å². The topological polar surface area (TPSA) is 66.5 Å². The van der Waals surface area contributed by atoms with Crippen molar-refractivity contribution in [2.45, 2.75) is 38.4 Å². The lowest BCUT2D eigenvalue weighted by atomic mass is 10.2. The smallest absolute Gasteiger partial charge is 0.239 e. The van der Waals surface area contributed by atoms with Crippen LogP contribution in [0.5, 0.6) is 0 Å². The fourth-order valence-corrected chi connectivity index (χ4v) is 3.31. The van der Waals surface area contributed by atoms with Crippen molar-refractivity contribution < 1.29 is 9.53 Å². The molecule has 7 heteroatoms. The first-order valence-corrected chi connectivity index (χ1v) is 8.38. The molecular weight excluding hydrogens is 288 g/mol. The minimum absolute atomic E-state index is 0.105. The summed E-state index contributed by atoms with van der Waals surface area (Å²) in [6.07, 6.45) is 4.12. The standard InChI is InChI=1S/C14H22N4O2S/c1-2-15-14-16-7-11(21-14)8-18-5-6-20-9-12(18)13(19)17-10-3-4-10/h7,10,12H,2-6,8-9H2,1H3,(H,15,16)(H,17,19). The fraction of sp³-hybridized carbons (Fsp3) is 0.714. The first-order chi connectivity index (χ1) is 10.3. The summed E-state index contributed by atoms with van der Waals surface area (Å²) in [4.78, 5) is 20.0. The first-order valence-electron chi connectivity index (χ1n) is 7.57. The number of aromatic nitrogens is 1. The molecule has 2 N–H and O–H groups in total. The Morgan fingerprint density at radius 3 is 3.19 bits per heavy atom. The van der Waals surface area contributed by atoms with E-state index in [4.69, 9.17) is 4.74 Å². The van der Waals surface area contributed by atoms with Gasteiger partial charge in [0.2, 0.25) is 5.91 Å². The van der Waals surface area contributed by atoms with Gasteiger partial charge in [0.1, 0.15) is 6.04 Å². The molecule has 3 rings (SSSR count). The van der Waals surface area contributed by atoms with Crippen molar-refractivity contribution in [2.75, 3.05) is 31.6 Å². The number of anilines is 1. The third-order valence-corrected chi connectivity index (χ3v) is 4.65. The van der Waals surface area contributed by atoms with E-state index in [-0.39, 0.29) is 11.9 Å². The SMILES string of the molecule is CCNc1ncc(CN2CCOCC2C(=O)NC2CC2)s1. The van der Waals surface area contributed by atoms with E-state index in [9.17, 15) is 4.79 Å². The second-order valence-electron chi connectivity index (χ2n) is 5.51. The lowest BCUT2D eigenvalue weighted by Crippen LogP contribution is -2.53. The second kappa shape index (κ2) is 6.72. The average molecular weight is 310 g/mol. The van der Waals surface area contributed by atoms with Gasteiger partial charge >= 0.3 is 0 Å². The van der Waals surface area contributed by atoms with Crippen molar-refractivity contribution in [1.82, 2.24) is 15.2 Å². The molecule has 21 heavy (non-hydrogen) atoms. The molecule has 1 amide bonds. The number of morpholine rings is 1. The van der Waals surface area contributed by atoms with Gasteiger partial charge in [-0.05, 0) is 19.8 Å². The molecule has 2 heterocycles. The number of amides is 1. The van der Waals surface area contributed by atoms with E-state index in [0.717, 1.165) is 37.6 Å². The molecule has 0 spiro atoms. The second-order valence-corrected chi connectivity index (χ2v) is 6.62. The van der Waals surface area contributed by atoms with Gasteiger partial charge in [-0.1, -0.05) is 0 Å². The Bertz CT molecular complexity index is 489. The average Bonchev–Trinajstić information content (AvgIpc) is 3.19. The highest BCUT2D eigenvalue weighted by molar-refractivity contribution is 7.15. The molecule has 0 bridgehead atoms. The van der Waals surface area contributed by atoms with E-state index in [1.165, 1.54) is 4.88 Å². The number of thiazole rings is 1. The number of hydrogen-bond acceptors (Lipinski definition) is 6. The van der Waals surface area contributed by atoms with E-state index in [1.807, 2.05) is 6.20 Å². The van der Waals surface area contributed by atoms with Crippen molar-refractivity contribution in [3.8, 4) is 0 Å². The largest absolute Gasteiger partial charge is 0.378 e. The molecule has 2 aliphatic rings. The monoisotopic (exact) mass is 310 g/mol. The summed E-state index contributed by atoms with van der Waals surface area (Å²) in [6, 6.07) is 0.217. The zero-order valence-electron chi connectivity index (χ0n) is 12.3. The van der Waals surface area contributed by atoms with Crippen LogP contribution in [0.1, 0.15) is 24.6 Å². The Balaban J connectivity index is 1.61. The van der Waals surface area contributed by atoms with E-state index in [1.54, 1.807) is 11.3 Å². The van der Waals surface area contributed by atoms with Gasteiger partial charge < -0.3 is 15.4 Å². The van der Waals surface area contributed by atoms with Crippen LogP contribution in [-0.4, -0.2) is 54.2 Å². The molecule has 1 aliphatic heterocycles. The summed E-state index contributed by atoms with van der Waals surface area (Å²) in [6.45, 7) is 5.65. The molecule has 1 atom stereocenters. The summed E-state index contributed by atoms with van der Waals surface area (Å²) in [7, 11) is 0. The lowest BCUT2D eigenvalue weighted by Gasteiger charge is -2.34. The molecule has 1 aromatic heterocycles. The molecule has 1 aliphatic carbocycles. The number of hydrogen-bond donors (Lipinski definition) is 2.